The average Bonchev–Trinajstić information content (AvgIpc) is 3.12. The van der Waals surface area contributed by atoms with Gasteiger partial charge in [0.25, 0.3) is 0 Å². The summed E-state index contributed by atoms with van der Waals surface area (Å²) < 4.78 is 29.1. The van der Waals surface area contributed by atoms with Crippen molar-refractivity contribution in [2.75, 3.05) is 13.1 Å². The zero-order valence-corrected chi connectivity index (χ0v) is 15.3. The van der Waals surface area contributed by atoms with Crippen molar-refractivity contribution in [2.24, 2.45) is 0 Å². The monoisotopic (exact) mass is 389 g/mol. The molecule has 0 radical (unpaired) electrons. The SMILES string of the molecule is C[C@H](N[C@@H](c1ccccc1)c1ccc(OC(F)F)cc1)C(=O)N1CCNC1=O. The zero-order valence-electron chi connectivity index (χ0n) is 15.3. The highest BCUT2D eigenvalue weighted by Crippen LogP contribution is 2.25. The van der Waals surface area contributed by atoms with Crippen LogP contribution in [0.2, 0.25) is 0 Å². The summed E-state index contributed by atoms with van der Waals surface area (Å²) in [4.78, 5) is 25.6. The Labute approximate surface area is 161 Å². The minimum atomic E-state index is -2.89. The number of alkyl halides is 2. The first-order valence-corrected chi connectivity index (χ1v) is 8.90. The quantitative estimate of drug-likeness (QED) is 0.764. The number of nitrogens with one attached hydrogen (secondary N) is 2. The second kappa shape index (κ2) is 8.79. The lowest BCUT2D eigenvalue weighted by atomic mass is 9.97. The maximum Gasteiger partial charge on any atom is 0.387 e. The number of amides is 3. The van der Waals surface area contributed by atoms with Crippen molar-refractivity contribution in [3.05, 3.63) is 65.7 Å². The van der Waals surface area contributed by atoms with Crippen LogP contribution >= 0.6 is 0 Å². The van der Waals surface area contributed by atoms with Crippen molar-refractivity contribution in [2.45, 2.75) is 25.6 Å². The number of nitrogens with zero attached hydrogens (tertiary/aromatic N) is 1. The molecule has 2 atom stereocenters. The third-order valence-electron chi connectivity index (χ3n) is 4.48. The molecule has 3 rings (SSSR count). The number of benzene rings is 2. The molecule has 1 fully saturated rings. The van der Waals surface area contributed by atoms with Crippen LogP contribution in [0.5, 0.6) is 5.75 Å². The fourth-order valence-corrected chi connectivity index (χ4v) is 3.11. The van der Waals surface area contributed by atoms with Gasteiger partial charge in [0.1, 0.15) is 5.75 Å². The molecule has 6 nitrogen and oxygen atoms in total. The molecule has 0 bridgehead atoms. The van der Waals surface area contributed by atoms with Gasteiger partial charge in [-0.15, -0.1) is 0 Å². The molecule has 1 saturated heterocycles. The van der Waals surface area contributed by atoms with E-state index in [1.807, 2.05) is 30.3 Å². The van der Waals surface area contributed by atoms with Crippen LogP contribution in [0.4, 0.5) is 13.6 Å². The first kappa shape index (κ1) is 19.8. The lowest BCUT2D eigenvalue weighted by Gasteiger charge is -2.26. The van der Waals surface area contributed by atoms with Crippen molar-refractivity contribution in [3.8, 4) is 5.75 Å². The molecule has 1 aliphatic rings. The van der Waals surface area contributed by atoms with E-state index in [2.05, 4.69) is 15.4 Å². The topological polar surface area (TPSA) is 70.7 Å². The summed E-state index contributed by atoms with van der Waals surface area (Å²) in [5.41, 5.74) is 1.67. The third-order valence-corrected chi connectivity index (χ3v) is 4.48. The standard InChI is InChI=1S/C20H21F2N3O3/c1-13(18(26)25-12-11-23-20(25)27)24-17(14-5-3-2-4-6-14)15-7-9-16(10-8-15)28-19(21)22/h2-10,13,17,19,24H,11-12H2,1H3,(H,23,27)/t13-,17-/m0/s1. The molecule has 2 aromatic carbocycles. The second-order valence-electron chi connectivity index (χ2n) is 6.40. The number of carbonyl (C=O) groups excluding carboxylic acids is 2. The molecule has 0 unspecified atom stereocenters. The summed E-state index contributed by atoms with van der Waals surface area (Å²) in [5.74, 6) is -0.267. The van der Waals surface area contributed by atoms with Crippen LogP contribution in [0.15, 0.2) is 54.6 Å². The van der Waals surface area contributed by atoms with Crippen molar-refractivity contribution >= 4 is 11.9 Å². The van der Waals surface area contributed by atoms with E-state index in [-0.39, 0.29) is 17.7 Å². The van der Waals surface area contributed by atoms with Gasteiger partial charge >= 0.3 is 12.6 Å². The Morgan fingerprint density at radius 3 is 2.32 bits per heavy atom. The Bertz CT molecular complexity index is 815. The molecule has 2 aromatic rings. The van der Waals surface area contributed by atoms with Gasteiger partial charge in [0, 0.05) is 13.1 Å². The summed E-state index contributed by atoms with van der Waals surface area (Å²) in [6.45, 7) is -0.430. The first-order valence-electron chi connectivity index (χ1n) is 8.90. The van der Waals surface area contributed by atoms with E-state index >= 15 is 0 Å². The molecule has 8 heteroatoms. The van der Waals surface area contributed by atoms with Crippen LogP contribution in [0, 0.1) is 0 Å². The Morgan fingerprint density at radius 1 is 1.11 bits per heavy atom. The van der Waals surface area contributed by atoms with E-state index in [9.17, 15) is 18.4 Å². The summed E-state index contributed by atoms with van der Waals surface area (Å²) in [5, 5.41) is 5.85. The molecule has 28 heavy (non-hydrogen) atoms. The number of ether oxygens (including phenoxy) is 1. The van der Waals surface area contributed by atoms with Crippen LogP contribution < -0.4 is 15.4 Å². The Balaban J connectivity index is 1.81. The van der Waals surface area contributed by atoms with Crippen LogP contribution in [0.1, 0.15) is 24.1 Å². The molecule has 2 N–H and O–H groups in total. The Hall–Kier alpha value is -3.00. The molecule has 3 amide bonds. The average molecular weight is 389 g/mol. The fourth-order valence-electron chi connectivity index (χ4n) is 3.11. The van der Waals surface area contributed by atoms with E-state index in [0.717, 1.165) is 11.1 Å². The Kier molecular flexibility index (Phi) is 6.20. The van der Waals surface area contributed by atoms with E-state index in [1.165, 1.54) is 17.0 Å². The fraction of sp³-hybridized carbons (Fsp3) is 0.300. The van der Waals surface area contributed by atoms with Gasteiger partial charge < -0.3 is 10.1 Å². The molecule has 0 aromatic heterocycles. The van der Waals surface area contributed by atoms with Gasteiger partial charge in [0.15, 0.2) is 0 Å². The summed E-state index contributed by atoms with van der Waals surface area (Å²) in [6.07, 6.45) is 0. The Morgan fingerprint density at radius 2 is 1.75 bits per heavy atom. The van der Waals surface area contributed by atoms with Crippen LogP contribution in [0.3, 0.4) is 0 Å². The highest BCUT2D eigenvalue weighted by molar-refractivity contribution is 5.98. The van der Waals surface area contributed by atoms with Crippen LogP contribution in [0.25, 0.3) is 0 Å². The molecule has 148 valence electrons. The van der Waals surface area contributed by atoms with E-state index in [0.29, 0.717) is 13.1 Å². The first-order chi connectivity index (χ1) is 13.5. The number of hydrogen-bond donors (Lipinski definition) is 2. The van der Waals surface area contributed by atoms with Crippen LogP contribution in [-0.4, -0.2) is 42.6 Å². The van der Waals surface area contributed by atoms with Crippen molar-refractivity contribution < 1.29 is 23.1 Å². The van der Waals surface area contributed by atoms with Crippen molar-refractivity contribution in [3.63, 3.8) is 0 Å². The molecule has 0 saturated carbocycles. The van der Waals surface area contributed by atoms with Crippen molar-refractivity contribution in [1.29, 1.82) is 0 Å². The smallest absolute Gasteiger partial charge is 0.387 e. The number of imide groups is 1. The van der Waals surface area contributed by atoms with Gasteiger partial charge in [0.05, 0.1) is 12.1 Å². The predicted octanol–water partition coefficient (Wildman–Crippen LogP) is 2.91. The maximum atomic E-state index is 12.6. The number of hydrogen-bond acceptors (Lipinski definition) is 4. The molecule has 1 heterocycles. The number of halogens is 2. The largest absolute Gasteiger partial charge is 0.435 e. The van der Waals surface area contributed by atoms with E-state index in [4.69, 9.17) is 0 Å². The number of carbonyl (C=O) groups is 2. The summed E-state index contributed by atoms with van der Waals surface area (Å²) in [6, 6.07) is 14.3. The lowest BCUT2D eigenvalue weighted by Crippen LogP contribution is -2.47. The van der Waals surface area contributed by atoms with Gasteiger partial charge in [0.2, 0.25) is 5.91 Å². The summed E-state index contributed by atoms with van der Waals surface area (Å²) in [7, 11) is 0. The molecule has 0 spiro atoms. The van der Waals surface area contributed by atoms with Gasteiger partial charge in [-0.25, -0.2) is 4.79 Å². The minimum Gasteiger partial charge on any atom is -0.435 e. The van der Waals surface area contributed by atoms with Gasteiger partial charge in [-0.1, -0.05) is 42.5 Å². The highest BCUT2D eigenvalue weighted by Gasteiger charge is 2.31. The molecular weight excluding hydrogens is 368 g/mol. The normalized spacial score (nSPS) is 16.0. The van der Waals surface area contributed by atoms with E-state index in [1.54, 1.807) is 19.1 Å². The van der Waals surface area contributed by atoms with Crippen LogP contribution in [-0.2, 0) is 4.79 Å². The van der Waals surface area contributed by atoms with Gasteiger partial charge in [-0.3, -0.25) is 15.0 Å². The minimum absolute atomic E-state index is 0.0587. The van der Waals surface area contributed by atoms with Gasteiger partial charge in [-0.05, 0) is 30.2 Å². The van der Waals surface area contributed by atoms with Gasteiger partial charge in [-0.2, -0.15) is 8.78 Å². The number of urea groups is 1. The molecule has 1 aliphatic heterocycles. The zero-order chi connectivity index (χ0) is 20.1. The predicted molar refractivity (Wildman–Crippen MR) is 99.1 cm³/mol. The van der Waals surface area contributed by atoms with E-state index < -0.39 is 18.7 Å². The highest BCUT2D eigenvalue weighted by atomic mass is 19.3. The lowest BCUT2D eigenvalue weighted by molar-refractivity contribution is -0.129. The third kappa shape index (κ3) is 4.64. The second-order valence-corrected chi connectivity index (χ2v) is 6.40. The number of rotatable bonds is 7. The van der Waals surface area contributed by atoms with Crippen molar-refractivity contribution in [1.82, 2.24) is 15.5 Å². The molecule has 0 aliphatic carbocycles. The molecular formula is C20H21F2N3O3. The maximum absolute atomic E-state index is 12.6. The summed E-state index contributed by atoms with van der Waals surface area (Å²) >= 11 is 0.